The average molecular weight is 295 g/mol. The fourth-order valence-electron chi connectivity index (χ4n) is 2.18. The Balaban J connectivity index is 1.69. The first-order valence-corrected chi connectivity index (χ1v) is 8.18. The Morgan fingerprint density at radius 3 is 2.95 bits per heavy atom. The van der Waals surface area contributed by atoms with Crippen molar-refractivity contribution in [3.05, 3.63) is 18.2 Å². The van der Waals surface area contributed by atoms with Crippen molar-refractivity contribution in [1.29, 1.82) is 0 Å². The van der Waals surface area contributed by atoms with E-state index >= 15 is 0 Å². The number of carbonyl (C=O) groups is 1. The summed E-state index contributed by atoms with van der Waals surface area (Å²) < 4.78 is 5.29. The van der Waals surface area contributed by atoms with Crippen LogP contribution in [-0.2, 0) is 9.53 Å². The molecule has 1 aromatic heterocycles. The van der Waals surface area contributed by atoms with Gasteiger partial charge in [0.2, 0.25) is 0 Å². The number of nitrogens with one attached hydrogen (secondary N) is 1. The SMILES string of the molecule is CCCCCCCC1C=C(CSc2ncn[nH]2)OC1=O. The molecular formula is C14H21N3O2S. The molecule has 6 heteroatoms. The number of esters is 1. The Morgan fingerprint density at radius 1 is 1.35 bits per heavy atom. The maximum absolute atomic E-state index is 11.7. The van der Waals surface area contributed by atoms with Crippen molar-refractivity contribution in [3.8, 4) is 0 Å². The maximum Gasteiger partial charge on any atom is 0.318 e. The highest BCUT2D eigenvalue weighted by atomic mass is 32.2. The third kappa shape index (κ3) is 4.67. The van der Waals surface area contributed by atoms with Crippen molar-refractivity contribution in [3.63, 3.8) is 0 Å². The molecule has 0 bridgehead atoms. The molecule has 1 unspecified atom stereocenters. The van der Waals surface area contributed by atoms with Crippen molar-refractivity contribution in [2.24, 2.45) is 5.92 Å². The van der Waals surface area contributed by atoms with Crippen molar-refractivity contribution in [1.82, 2.24) is 15.2 Å². The number of unbranched alkanes of at least 4 members (excludes halogenated alkanes) is 4. The smallest absolute Gasteiger partial charge is 0.318 e. The quantitative estimate of drug-likeness (QED) is 0.430. The van der Waals surface area contributed by atoms with Crippen LogP contribution in [0, 0.1) is 5.92 Å². The lowest BCUT2D eigenvalue weighted by Gasteiger charge is -2.04. The van der Waals surface area contributed by atoms with Gasteiger partial charge in [0.15, 0.2) is 5.16 Å². The molecule has 110 valence electrons. The Bertz CT molecular complexity index is 445. The predicted octanol–water partition coefficient (Wildman–Crippen LogP) is 3.31. The standard InChI is InChI=1S/C14H21N3O2S/c1-2-3-4-5-6-7-11-8-12(19-13(11)18)9-20-14-15-10-16-17-14/h8,10-11H,2-7,9H2,1H3,(H,15,16,17). The summed E-state index contributed by atoms with van der Waals surface area (Å²) in [6.07, 6.45) is 10.4. The van der Waals surface area contributed by atoms with Gasteiger partial charge in [-0.3, -0.25) is 9.89 Å². The summed E-state index contributed by atoms with van der Waals surface area (Å²) >= 11 is 1.49. The van der Waals surface area contributed by atoms with Crippen LogP contribution < -0.4 is 0 Å². The van der Waals surface area contributed by atoms with E-state index in [2.05, 4.69) is 22.1 Å². The molecule has 1 aromatic rings. The Morgan fingerprint density at radius 2 is 2.20 bits per heavy atom. The highest BCUT2D eigenvalue weighted by molar-refractivity contribution is 7.99. The van der Waals surface area contributed by atoms with E-state index in [1.165, 1.54) is 43.8 Å². The van der Waals surface area contributed by atoms with Crippen LogP contribution in [0.25, 0.3) is 0 Å². The summed E-state index contributed by atoms with van der Waals surface area (Å²) in [5, 5.41) is 7.29. The van der Waals surface area contributed by atoms with Gasteiger partial charge in [0, 0.05) is 0 Å². The molecule has 0 radical (unpaired) electrons. The number of aromatic nitrogens is 3. The molecule has 20 heavy (non-hydrogen) atoms. The largest absolute Gasteiger partial charge is 0.430 e. The summed E-state index contributed by atoms with van der Waals surface area (Å²) in [4.78, 5) is 15.8. The normalized spacial score (nSPS) is 18.1. The highest BCUT2D eigenvalue weighted by Gasteiger charge is 2.26. The van der Waals surface area contributed by atoms with E-state index in [-0.39, 0.29) is 11.9 Å². The molecule has 1 aliphatic rings. The summed E-state index contributed by atoms with van der Waals surface area (Å²) in [6, 6.07) is 0. The number of nitrogens with zero attached hydrogens (tertiary/aromatic N) is 2. The van der Waals surface area contributed by atoms with Crippen LogP contribution in [0.3, 0.4) is 0 Å². The van der Waals surface area contributed by atoms with Gasteiger partial charge in [0.25, 0.3) is 0 Å². The van der Waals surface area contributed by atoms with Gasteiger partial charge in [-0.25, -0.2) is 4.98 Å². The average Bonchev–Trinajstić information content (AvgIpc) is 3.06. The first-order valence-electron chi connectivity index (χ1n) is 7.20. The molecule has 0 spiro atoms. The molecule has 0 aliphatic carbocycles. The van der Waals surface area contributed by atoms with Gasteiger partial charge in [-0.1, -0.05) is 50.8 Å². The highest BCUT2D eigenvalue weighted by Crippen LogP contribution is 2.26. The lowest BCUT2D eigenvalue weighted by Crippen LogP contribution is -2.08. The number of ether oxygens (including phenoxy) is 1. The van der Waals surface area contributed by atoms with E-state index in [1.807, 2.05) is 6.08 Å². The summed E-state index contributed by atoms with van der Waals surface area (Å²) in [6.45, 7) is 2.20. The Labute approximate surface area is 123 Å². The summed E-state index contributed by atoms with van der Waals surface area (Å²) in [7, 11) is 0. The topological polar surface area (TPSA) is 67.9 Å². The molecule has 1 aliphatic heterocycles. The number of H-pyrrole nitrogens is 1. The van der Waals surface area contributed by atoms with E-state index in [9.17, 15) is 4.79 Å². The zero-order valence-corrected chi connectivity index (χ0v) is 12.6. The molecule has 0 aromatic carbocycles. The number of cyclic esters (lactones) is 1. The molecule has 2 heterocycles. The van der Waals surface area contributed by atoms with Crippen LogP contribution in [0.5, 0.6) is 0 Å². The molecule has 5 nitrogen and oxygen atoms in total. The first kappa shape index (κ1) is 15.1. The van der Waals surface area contributed by atoms with E-state index in [1.54, 1.807) is 0 Å². The van der Waals surface area contributed by atoms with Crippen LogP contribution >= 0.6 is 11.8 Å². The van der Waals surface area contributed by atoms with Gasteiger partial charge < -0.3 is 4.74 Å². The van der Waals surface area contributed by atoms with Crippen molar-refractivity contribution < 1.29 is 9.53 Å². The van der Waals surface area contributed by atoms with E-state index in [4.69, 9.17) is 4.74 Å². The third-order valence-electron chi connectivity index (χ3n) is 3.28. The van der Waals surface area contributed by atoms with Crippen LogP contribution in [0.4, 0.5) is 0 Å². The van der Waals surface area contributed by atoms with E-state index in [0.29, 0.717) is 5.75 Å². The van der Waals surface area contributed by atoms with Crippen LogP contribution in [0.15, 0.2) is 23.3 Å². The molecule has 1 atom stereocenters. The van der Waals surface area contributed by atoms with E-state index < -0.39 is 0 Å². The van der Waals surface area contributed by atoms with E-state index in [0.717, 1.165) is 23.8 Å². The minimum absolute atomic E-state index is 0.0537. The minimum Gasteiger partial charge on any atom is -0.430 e. The van der Waals surface area contributed by atoms with Crippen molar-refractivity contribution in [2.45, 2.75) is 50.6 Å². The number of aromatic amines is 1. The van der Waals surface area contributed by atoms with Crippen molar-refractivity contribution in [2.75, 3.05) is 5.75 Å². The van der Waals surface area contributed by atoms with Gasteiger partial charge in [-0.15, -0.1) is 0 Å². The lowest BCUT2D eigenvalue weighted by atomic mass is 10.0. The zero-order chi connectivity index (χ0) is 14.2. The minimum atomic E-state index is -0.103. The second-order valence-electron chi connectivity index (χ2n) is 4.94. The summed E-state index contributed by atoms with van der Waals surface area (Å²) in [5.41, 5.74) is 0. The Hall–Kier alpha value is -1.30. The predicted molar refractivity (Wildman–Crippen MR) is 78.1 cm³/mol. The van der Waals surface area contributed by atoms with Gasteiger partial charge in [-0.2, -0.15) is 5.10 Å². The number of hydrogen-bond donors (Lipinski definition) is 1. The zero-order valence-electron chi connectivity index (χ0n) is 11.8. The second-order valence-corrected chi connectivity index (χ2v) is 5.91. The number of thioether (sulfide) groups is 1. The summed E-state index contributed by atoms with van der Waals surface area (Å²) in [5.74, 6) is 1.21. The van der Waals surface area contributed by atoms with Crippen LogP contribution in [0.2, 0.25) is 0 Å². The lowest BCUT2D eigenvalue weighted by molar-refractivity contribution is -0.140. The van der Waals surface area contributed by atoms with Crippen molar-refractivity contribution >= 4 is 17.7 Å². The number of carbonyl (C=O) groups excluding carboxylic acids is 1. The molecule has 2 rings (SSSR count). The molecule has 0 amide bonds. The number of hydrogen-bond acceptors (Lipinski definition) is 5. The molecule has 0 fully saturated rings. The molecule has 1 N–H and O–H groups in total. The molecule has 0 saturated heterocycles. The number of rotatable bonds is 9. The van der Waals surface area contributed by atoms with Crippen LogP contribution in [-0.4, -0.2) is 26.9 Å². The Kier molecular flexibility index (Phi) is 6.11. The monoisotopic (exact) mass is 295 g/mol. The molecular weight excluding hydrogens is 274 g/mol. The van der Waals surface area contributed by atoms with Gasteiger partial charge in [-0.05, 0) is 12.5 Å². The molecule has 0 saturated carbocycles. The maximum atomic E-state index is 11.7. The fourth-order valence-corrected chi connectivity index (χ4v) is 2.85. The van der Waals surface area contributed by atoms with Gasteiger partial charge in [0.1, 0.15) is 12.1 Å². The van der Waals surface area contributed by atoms with Gasteiger partial charge >= 0.3 is 5.97 Å². The first-order chi connectivity index (χ1) is 9.79. The second kappa shape index (κ2) is 8.09. The van der Waals surface area contributed by atoms with Gasteiger partial charge in [0.05, 0.1) is 11.7 Å². The fraction of sp³-hybridized carbons (Fsp3) is 0.643. The van der Waals surface area contributed by atoms with Crippen LogP contribution in [0.1, 0.15) is 45.4 Å². The third-order valence-corrected chi connectivity index (χ3v) is 4.18.